The van der Waals surface area contributed by atoms with Crippen molar-refractivity contribution in [2.45, 2.75) is 64.6 Å². The Balaban J connectivity index is 2.28. The molecule has 3 amide bonds. The topological polar surface area (TPSA) is 105 Å². The van der Waals surface area contributed by atoms with E-state index in [-0.39, 0.29) is 41.2 Å². The van der Waals surface area contributed by atoms with E-state index in [1.54, 1.807) is 29.2 Å². The molecule has 0 spiro atoms. The fraction of sp³-hybridized carbons (Fsp3) is 0.391. The van der Waals surface area contributed by atoms with E-state index in [1.807, 2.05) is 27.7 Å². The third-order valence-corrected chi connectivity index (χ3v) is 6.02. The molecule has 0 aromatic heterocycles. The van der Waals surface area contributed by atoms with Crippen molar-refractivity contribution in [2.24, 2.45) is 0 Å². The molecular formula is C23H31N3O5S. The lowest BCUT2D eigenvalue weighted by atomic mass is 10.1. The first-order valence-electron chi connectivity index (χ1n) is 10.5. The molecule has 0 bridgehead atoms. The second-order valence-corrected chi connectivity index (χ2v) is 9.39. The van der Waals surface area contributed by atoms with Crippen LogP contribution >= 0.6 is 0 Å². The molecule has 2 aromatic rings. The van der Waals surface area contributed by atoms with E-state index >= 15 is 0 Å². The highest BCUT2D eigenvalue weighted by Crippen LogP contribution is 2.26. The molecule has 0 radical (unpaired) electrons. The molecule has 0 unspecified atom stereocenters. The third kappa shape index (κ3) is 6.98. The van der Waals surface area contributed by atoms with Crippen molar-refractivity contribution in [1.29, 1.82) is 0 Å². The number of anilines is 1. The zero-order chi connectivity index (χ0) is 23.9. The summed E-state index contributed by atoms with van der Waals surface area (Å²) < 4.78 is 31.1. The van der Waals surface area contributed by atoms with E-state index in [9.17, 15) is 18.0 Å². The summed E-state index contributed by atoms with van der Waals surface area (Å²) in [6, 6.07) is 12.2. The summed E-state index contributed by atoms with van der Waals surface area (Å²) in [6.07, 6.45) is 0.744. The van der Waals surface area contributed by atoms with Crippen LogP contribution in [0.2, 0.25) is 0 Å². The molecule has 9 heteroatoms. The highest BCUT2D eigenvalue weighted by molar-refractivity contribution is 7.87. The monoisotopic (exact) mass is 461 g/mol. The largest absolute Gasteiger partial charge is 0.379 e. The van der Waals surface area contributed by atoms with Crippen LogP contribution in [0.5, 0.6) is 5.75 Å². The van der Waals surface area contributed by atoms with Gasteiger partial charge in [-0.25, -0.2) is 4.79 Å². The standard InChI is InChI=1S/C23H31N3O5S/c1-6-17(4)26(23(28)24-16(2)3)15-19-9-7-8-10-22(19)31-32(29,30)21-13-11-20(12-14-21)25-18(5)27/h7-14,16-17H,6,15H2,1-5H3,(H,24,28)(H,25,27)/t17-/m0/s1. The van der Waals surface area contributed by atoms with Crippen molar-refractivity contribution in [3.8, 4) is 5.75 Å². The van der Waals surface area contributed by atoms with Crippen LogP contribution < -0.4 is 14.8 Å². The van der Waals surface area contributed by atoms with E-state index in [0.717, 1.165) is 6.42 Å². The second-order valence-electron chi connectivity index (χ2n) is 7.84. The van der Waals surface area contributed by atoms with Crippen molar-refractivity contribution in [1.82, 2.24) is 10.2 Å². The molecule has 0 aliphatic carbocycles. The van der Waals surface area contributed by atoms with Gasteiger partial charge in [-0.1, -0.05) is 25.1 Å². The fourth-order valence-corrected chi connectivity index (χ4v) is 3.92. The minimum atomic E-state index is -4.11. The second kappa shape index (κ2) is 11.0. The Morgan fingerprint density at radius 1 is 1.03 bits per heavy atom. The number of rotatable bonds is 9. The van der Waals surface area contributed by atoms with E-state index in [4.69, 9.17) is 4.18 Å². The number of carbonyl (C=O) groups excluding carboxylic acids is 2. The molecule has 2 rings (SSSR count). The van der Waals surface area contributed by atoms with Crippen molar-refractivity contribution >= 4 is 27.7 Å². The highest BCUT2D eigenvalue weighted by atomic mass is 32.2. The van der Waals surface area contributed by atoms with Gasteiger partial charge in [0.05, 0.1) is 6.54 Å². The van der Waals surface area contributed by atoms with Gasteiger partial charge in [0.1, 0.15) is 10.6 Å². The molecule has 2 aromatic carbocycles. The zero-order valence-electron chi connectivity index (χ0n) is 19.1. The van der Waals surface area contributed by atoms with Gasteiger partial charge < -0.3 is 19.7 Å². The smallest absolute Gasteiger partial charge is 0.339 e. The molecule has 8 nitrogen and oxygen atoms in total. The summed E-state index contributed by atoms with van der Waals surface area (Å²) in [5.41, 5.74) is 1.06. The van der Waals surface area contributed by atoms with Crippen LogP contribution in [-0.2, 0) is 21.5 Å². The van der Waals surface area contributed by atoms with Gasteiger partial charge in [-0.3, -0.25) is 4.79 Å². The fourth-order valence-electron chi connectivity index (χ4n) is 2.95. The molecule has 2 N–H and O–H groups in total. The molecule has 32 heavy (non-hydrogen) atoms. The molecular weight excluding hydrogens is 430 g/mol. The molecule has 0 aliphatic heterocycles. The van der Waals surface area contributed by atoms with Gasteiger partial charge in [0, 0.05) is 30.3 Å². The lowest BCUT2D eigenvalue weighted by Crippen LogP contribution is -2.46. The number of carbonyl (C=O) groups is 2. The average molecular weight is 462 g/mol. The minimum absolute atomic E-state index is 0.0265. The van der Waals surface area contributed by atoms with Gasteiger partial charge in [-0.2, -0.15) is 8.42 Å². The van der Waals surface area contributed by atoms with E-state index in [2.05, 4.69) is 10.6 Å². The molecule has 0 heterocycles. The van der Waals surface area contributed by atoms with Gasteiger partial charge in [-0.15, -0.1) is 0 Å². The summed E-state index contributed by atoms with van der Waals surface area (Å²) in [5.74, 6) is -0.0952. The van der Waals surface area contributed by atoms with E-state index in [0.29, 0.717) is 11.3 Å². The number of hydrogen-bond donors (Lipinski definition) is 2. The van der Waals surface area contributed by atoms with Crippen LogP contribution in [0, 0.1) is 0 Å². The number of amides is 3. The van der Waals surface area contributed by atoms with Crippen LogP contribution in [0.3, 0.4) is 0 Å². The maximum Gasteiger partial charge on any atom is 0.339 e. The van der Waals surface area contributed by atoms with Crippen LogP contribution in [0.25, 0.3) is 0 Å². The molecule has 1 atom stereocenters. The normalized spacial score (nSPS) is 12.2. The highest BCUT2D eigenvalue weighted by Gasteiger charge is 2.23. The molecule has 0 saturated heterocycles. The Kier molecular flexibility index (Phi) is 8.65. The average Bonchev–Trinajstić information content (AvgIpc) is 2.71. The van der Waals surface area contributed by atoms with Crippen molar-refractivity contribution in [3.05, 3.63) is 54.1 Å². The van der Waals surface area contributed by atoms with Crippen LogP contribution in [0.1, 0.15) is 46.6 Å². The Morgan fingerprint density at radius 3 is 2.22 bits per heavy atom. The number of hydrogen-bond acceptors (Lipinski definition) is 5. The summed E-state index contributed by atoms with van der Waals surface area (Å²) in [4.78, 5) is 25.5. The summed E-state index contributed by atoms with van der Waals surface area (Å²) in [5, 5.41) is 5.47. The van der Waals surface area contributed by atoms with Gasteiger partial charge >= 0.3 is 16.1 Å². The first kappa shape index (κ1) is 25.2. The van der Waals surface area contributed by atoms with Gasteiger partial charge in [0.2, 0.25) is 5.91 Å². The molecule has 174 valence electrons. The Morgan fingerprint density at radius 2 is 1.66 bits per heavy atom. The number of urea groups is 1. The number of benzene rings is 2. The van der Waals surface area contributed by atoms with E-state index in [1.165, 1.54) is 31.2 Å². The van der Waals surface area contributed by atoms with Gasteiger partial charge in [0.25, 0.3) is 0 Å². The van der Waals surface area contributed by atoms with Crippen molar-refractivity contribution in [2.75, 3.05) is 5.32 Å². The van der Waals surface area contributed by atoms with Crippen LogP contribution in [-0.4, -0.2) is 37.3 Å². The minimum Gasteiger partial charge on any atom is -0.379 e. The molecule has 0 fully saturated rings. The van der Waals surface area contributed by atoms with Gasteiger partial charge in [0.15, 0.2) is 0 Å². The number of nitrogens with zero attached hydrogens (tertiary/aromatic N) is 1. The van der Waals surface area contributed by atoms with Crippen LogP contribution in [0.15, 0.2) is 53.4 Å². The maximum absolute atomic E-state index is 12.8. The zero-order valence-corrected chi connectivity index (χ0v) is 19.9. The molecule has 0 aliphatic rings. The lowest BCUT2D eigenvalue weighted by Gasteiger charge is -2.30. The summed E-state index contributed by atoms with van der Waals surface area (Å²) >= 11 is 0. The van der Waals surface area contributed by atoms with E-state index < -0.39 is 10.1 Å². The molecule has 0 saturated carbocycles. The quantitative estimate of drug-likeness (QED) is 0.546. The number of nitrogens with one attached hydrogen (secondary N) is 2. The third-order valence-electron chi connectivity index (χ3n) is 4.77. The predicted octanol–water partition coefficient (Wildman–Crippen LogP) is 4.13. The first-order valence-corrected chi connectivity index (χ1v) is 11.9. The van der Waals surface area contributed by atoms with Crippen molar-refractivity contribution in [3.63, 3.8) is 0 Å². The SMILES string of the molecule is CC[C@H](C)N(Cc1ccccc1OS(=O)(=O)c1ccc(NC(C)=O)cc1)C(=O)NC(C)C. The maximum atomic E-state index is 12.8. The summed E-state index contributed by atoms with van der Waals surface area (Å²) in [7, 11) is -4.11. The Hall–Kier alpha value is -3.07. The van der Waals surface area contributed by atoms with Crippen LogP contribution in [0.4, 0.5) is 10.5 Å². The van der Waals surface area contributed by atoms with Gasteiger partial charge in [-0.05, 0) is 57.5 Å². The predicted molar refractivity (Wildman–Crippen MR) is 124 cm³/mol. The Bertz CT molecular complexity index is 1040. The number of para-hydroxylation sites is 1. The Labute approximate surface area is 190 Å². The summed E-state index contributed by atoms with van der Waals surface area (Å²) in [6.45, 7) is 9.26. The lowest BCUT2D eigenvalue weighted by molar-refractivity contribution is -0.114. The van der Waals surface area contributed by atoms with Crippen molar-refractivity contribution < 1.29 is 22.2 Å². The first-order chi connectivity index (χ1) is 15.0.